The van der Waals surface area contributed by atoms with E-state index in [-0.39, 0.29) is 5.60 Å². The van der Waals surface area contributed by atoms with Crippen molar-refractivity contribution in [1.29, 1.82) is 0 Å². The zero-order valence-electron chi connectivity index (χ0n) is 12.4. The highest BCUT2D eigenvalue weighted by Gasteiger charge is 2.60. The molecule has 1 aromatic rings. The van der Waals surface area contributed by atoms with Gasteiger partial charge >= 0.3 is 0 Å². The van der Waals surface area contributed by atoms with E-state index in [2.05, 4.69) is 55.5 Å². The fourth-order valence-corrected chi connectivity index (χ4v) is 4.16. The Morgan fingerprint density at radius 3 is 2.70 bits per heavy atom. The number of nitrogens with one attached hydrogen (secondary N) is 1. The van der Waals surface area contributed by atoms with Crippen molar-refractivity contribution >= 4 is 5.71 Å². The normalized spacial score (nSPS) is 37.2. The third-order valence-electron chi connectivity index (χ3n) is 5.19. The molecule has 1 saturated heterocycles. The van der Waals surface area contributed by atoms with Gasteiger partial charge < -0.3 is 10.2 Å². The van der Waals surface area contributed by atoms with Crippen molar-refractivity contribution in [2.24, 2.45) is 22.9 Å². The van der Waals surface area contributed by atoms with Gasteiger partial charge in [-0.3, -0.25) is 0 Å². The van der Waals surface area contributed by atoms with Gasteiger partial charge in [0, 0.05) is 5.92 Å². The average molecular weight is 270 g/mol. The molecular formula is C17H22N2O. The molecule has 3 atom stereocenters. The topological polar surface area (TPSA) is 33.6 Å². The highest BCUT2D eigenvalue weighted by atomic mass is 16.7. The number of hydrogen-bond acceptors (Lipinski definition) is 3. The first-order valence-electron chi connectivity index (χ1n) is 7.61. The molecule has 0 amide bonds. The van der Waals surface area contributed by atoms with Crippen LogP contribution in [-0.2, 0) is 4.84 Å². The standard InChI is InChI=1S/C17H22N2O/c1-10-5-4-6-11(7-10)15-16(19-20-17(15,2)3)14-12-8-18-9-13(12)14/h4-7,12-15,18H,8-9H2,1-3H3. The van der Waals surface area contributed by atoms with Gasteiger partial charge in [0.15, 0.2) is 0 Å². The molecule has 2 aliphatic heterocycles. The molecule has 2 heterocycles. The molecule has 0 spiro atoms. The van der Waals surface area contributed by atoms with Crippen molar-refractivity contribution in [2.45, 2.75) is 32.3 Å². The minimum atomic E-state index is -0.229. The lowest BCUT2D eigenvalue weighted by Crippen LogP contribution is -2.32. The van der Waals surface area contributed by atoms with Gasteiger partial charge in [0.05, 0.1) is 11.6 Å². The van der Waals surface area contributed by atoms with Crippen LogP contribution in [0.15, 0.2) is 29.4 Å². The number of piperidine rings is 1. The fourth-order valence-electron chi connectivity index (χ4n) is 4.16. The average Bonchev–Trinajstić information content (AvgIpc) is 2.76. The van der Waals surface area contributed by atoms with Crippen LogP contribution in [0.2, 0.25) is 0 Å². The van der Waals surface area contributed by atoms with Crippen LogP contribution in [0.1, 0.15) is 30.9 Å². The third-order valence-corrected chi connectivity index (χ3v) is 5.19. The Kier molecular flexibility index (Phi) is 2.53. The summed E-state index contributed by atoms with van der Waals surface area (Å²) in [5.74, 6) is 2.53. The largest absolute Gasteiger partial charge is 0.389 e. The van der Waals surface area contributed by atoms with Gasteiger partial charge in [-0.25, -0.2) is 0 Å². The van der Waals surface area contributed by atoms with E-state index >= 15 is 0 Å². The maximum atomic E-state index is 5.79. The Morgan fingerprint density at radius 2 is 2.00 bits per heavy atom. The minimum Gasteiger partial charge on any atom is -0.389 e. The van der Waals surface area contributed by atoms with E-state index in [4.69, 9.17) is 4.84 Å². The summed E-state index contributed by atoms with van der Waals surface area (Å²) in [7, 11) is 0. The van der Waals surface area contributed by atoms with Crippen LogP contribution < -0.4 is 5.32 Å². The van der Waals surface area contributed by atoms with Crippen LogP contribution in [-0.4, -0.2) is 24.4 Å². The van der Waals surface area contributed by atoms with Gasteiger partial charge in [0.25, 0.3) is 0 Å². The highest BCUT2D eigenvalue weighted by Crippen LogP contribution is 2.55. The van der Waals surface area contributed by atoms with Crippen LogP contribution in [0.4, 0.5) is 0 Å². The van der Waals surface area contributed by atoms with Crippen molar-refractivity contribution in [1.82, 2.24) is 5.32 Å². The lowest BCUT2D eigenvalue weighted by molar-refractivity contribution is 0.00188. The molecule has 20 heavy (non-hydrogen) atoms. The lowest BCUT2D eigenvalue weighted by atomic mass is 9.79. The van der Waals surface area contributed by atoms with Crippen LogP contribution in [0.5, 0.6) is 0 Å². The van der Waals surface area contributed by atoms with E-state index in [9.17, 15) is 0 Å². The number of fused-ring (bicyclic) bond motifs is 1. The first-order chi connectivity index (χ1) is 9.58. The Morgan fingerprint density at radius 1 is 1.25 bits per heavy atom. The van der Waals surface area contributed by atoms with E-state index < -0.39 is 0 Å². The minimum absolute atomic E-state index is 0.229. The number of benzene rings is 1. The Bertz CT molecular complexity index is 568. The van der Waals surface area contributed by atoms with E-state index in [0.29, 0.717) is 11.8 Å². The molecule has 2 fully saturated rings. The van der Waals surface area contributed by atoms with Crippen LogP contribution >= 0.6 is 0 Å². The molecule has 0 radical (unpaired) electrons. The molecule has 1 saturated carbocycles. The molecular weight excluding hydrogens is 248 g/mol. The summed E-state index contributed by atoms with van der Waals surface area (Å²) in [4.78, 5) is 5.79. The van der Waals surface area contributed by atoms with Crippen molar-refractivity contribution in [3.05, 3.63) is 35.4 Å². The van der Waals surface area contributed by atoms with Gasteiger partial charge in [0.2, 0.25) is 0 Å². The zero-order valence-corrected chi connectivity index (χ0v) is 12.4. The molecule has 1 N–H and O–H groups in total. The van der Waals surface area contributed by atoms with Gasteiger partial charge in [-0.15, -0.1) is 0 Å². The maximum absolute atomic E-state index is 5.79. The molecule has 106 valence electrons. The zero-order chi connectivity index (χ0) is 13.9. The Hall–Kier alpha value is -1.35. The first-order valence-corrected chi connectivity index (χ1v) is 7.61. The van der Waals surface area contributed by atoms with Gasteiger partial charge in [-0.1, -0.05) is 35.0 Å². The second-order valence-corrected chi connectivity index (χ2v) is 7.07. The van der Waals surface area contributed by atoms with Crippen molar-refractivity contribution < 1.29 is 4.84 Å². The SMILES string of the molecule is Cc1cccc(C2C(C3C4CNCC43)=NOC2(C)C)c1. The number of nitrogens with zero attached hydrogens (tertiary/aromatic N) is 1. The molecule has 1 aliphatic carbocycles. The Balaban J connectivity index is 1.69. The molecule has 4 rings (SSSR count). The second kappa shape index (κ2) is 4.08. The molecule has 0 aromatic heterocycles. The number of oxime groups is 1. The molecule has 3 heteroatoms. The van der Waals surface area contributed by atoms with Gasteiger partial charge in [-0.05, 0) is 51.3 Å². The van der Waals surface area contributed by atoms with Crippen LogP contribution in [0.3, 0.4) is 0 Å². The molecule has 3 nitrogen and oxygen atoms in total. The van der Waals surface area contributed by atoms with Crippen LogP contribution in [0.25, 0.3) is 0 Å². The third kappa shape index (κ3) is 1.72. The first kappa shape index (κ1) is 12.4. The van der Waals surface area contributed by atoms with Crippen molar-refractivity contribution in [3.63, 3.8) is 0 Å². The lowest BCUT2D eigenvalue weighted by Gasteiger charge is -2.26. The van der Waals surface area contributed by atoms with Crippen molar-refractivity contribution in [2.75, 3.05) is 13.1 Å². The van der Waals surface area contributed by atoms with E-state index in [1.165, 1.54) is 16.8 Å². The molecule has 3 unspecified atom stereocenters. The Labute approximate surface area is 120 Å². The summed E-state index contributed by atoms with van der Waals surface area (Å²) in [6, 6.07) is 8.80. The summed E-state index contributed by atoms with van der Waals surface area (Å²) in [5.41, 5.74) is 3.72. The second-order valence-electron chi connectivity index (χ2n) is 7.07. The highest BCUT2D eigenvalue weighted by molar-refractivity contribution is 5.97. The summed E-state index contributed by atoms with van der Waals surface area (Å²) >= 11 is 0. The van der Waals surface area contributed by atoms with Gasteiger partial charge in [-0.2, -0.15) is 0 Å². The number of aryl methyl sites for hydroxylation is 1. The molecule has 3 aliphatic rings. The molecule has 0 bridgehead atoms. The van der Waals surface area contributed by atoms with E-state index in [0.717, 1.165) is 24.9 Å². The summed E-state index contributed by atoms with van der Waals surface area (Å²) in [6.45, 7) is 8.77. The quantitative estimate of drug-likeness (QED) is 0.896. The summed E-state index contributed by atoms with van der Waals surface area (Å²) in [5, 5.41) is 7.97. The number of rotatable bonds is 2. The predicted octanol–water partition coefficient (Wildman–Crippen LogP) is 2.71. The number of hydrogen-bond donors (Lipinski definition) is 1. The fraction of sp³-hybridized carbons (Fsp3) is 0.588. The van der Waals surface area contributed by atoms with E-state index in [1.807, 2.05) is 0 Å². The van der Waals surface area contributed by atoms with Gasteiger partial charge in [0.1, 0.15) is 5.60 Å². The smallest absolute Gasteiger partial charge is 0.144 e. The molecule has 1 aromatic carbocycles. The van der Waals surface area contributed by atoms with Crippen molar-refractivity contribution in [3.8, 4) is 0 Å². The predicted molar refractivity (Wildman–Crippen MR) is 79.9 cm³/mol. The summed E-state index contributed by atoms with van der Waals surface area (Å²) in [6.07, 6.45) is 0. The monoisotopic (exact) mass is 270 g/mol. The van der Waals surface area contributed by atoms with Crippen LogP contribution in [0, 0.1) is 24.7 Å². The summed E-state index contributed by atoms with van der Waals surface area (Å²) < 4.78 is 0. The maximum Gasteiger partial charge on any atom is 0.144 e. The van der Waals surface area contributed by atoms with E-state index in [1.54, 1.807) is 0 Å².